The van der Waals surface area contributed by atoms with Gasteiger partial charge in [0.05, 0.1) is 33.7 Å². The number of hydrogen-bond acceptors (Lipinski definition) is 6. The van der Waals surface area contributed by atoms with Crippen LogP contribution in [0.1, 0.15) is 29.7 Å². The first-order chi connectivity index (χ1) is 20.6. The maximum atomic E-state index is 13.5. The number of halogens is 2. The monoisotopic (exact) mass is 619 g/mol. The zero-order valence-electron chi connectivity index (χ0n) is 23.3. The van der Waals surface area contributed by atoms with Gasteiger partial charge < -0.3 is 15.4 Å². The average Bonchev–Trinajstić information content (AvgIpc) is 3.49. The van der Waals surface area contributed by atoms with Crippen molar-refractivity contribution in [2.75, 3.05) is 24.4 Å². The predicted molar refractivity (Wildman–Crippen MR) is 164 cm³/mol. The fraction of sp³-hybridized carbons (Fsp3) is 0.258. The Balaban J connectivity index is 1.29. The topological polar surface area (TPSA) is 124 Å². The van der Waals surface area contributed by atoms with Crippen LogP contribution in [0.3, 0.4) is 0 Å². The number of hydrogen-bond donors (Lipinski definition) is 2. The summed E-state index contributed by atoms with van der Waals surface area (Å²) in [5, 5.41) is 6.15. The molecular formula is C31H27Cl2N5O5. The number of carbonyl (C=O) groups excluding carboxylic acids is 2. The summed E-state index contributed by atoms with van der Waals surface area (Å²) in [7, 11) is 1.47. The molecule has 220 valence electrons. The van der Waals surface area contributed by atoms with Crippen molar-refractivity contribution in [2.24, 2.45) is 0 Å². The molecule has 0 bridgehead atoms. The lowest BCUT2D eigenvalue weighted by molar-refractivity contribution is -0.120. The highest BCUT2D eigenvalue weighted by atomic mass is 35.5. The van der Waals surface area contributed by atoms with Crippen molar-refractivity contribution in [3.05, 3.63) is 108 Å². The van der Waals surface area contributed by atoms with Crippen molar-refractivity contribution < 1.29 is 14.3 Å². The van der Waals surface area contributed by atoms with E-state index in [1.54, 1.807) is 37.4 Å². The Kier molecular flexibility index (Phi) is 7.45. The van der Waals surface area contributed by atoms with E-state index in [1.165, 1.54) is 17.9 Å². The number of methoxy groups -OCH3 is 1. The zero-order chi connectivity index (χ0) is 30.5. The Morgan fingerprint density at radius 1 is 1.09 bits per heavy atom. The number of pyridine rings is 1. The number of fused-ring (bicyclic) bond motifs is 3. The Morgan fingerprint density at radius 3 is 2.67 bits per heavy atom. The van der Waals surface area contributed by atoms with Gasteiger partial charge in [0.1, 0.15) is 12.4 Å². The lowest BCUT2D eigenvalue weighted by Gasteiger charge is -2.20. The summed E-state index contributed by atoms with van der Waals surface area (Å²) in [6.07, 6.45) is 3.99. The SMILES string of the molecule is COC[C@H](C)n1c(=O)c(-c2cccc(Cl)c2Cl)cn(CC(=O)Nc2ccc3c(c2)C[C@@]2(C3)C(=O)Nc3ncccc32)c1=O. The Hall–Kier alpha value is -4.25. The van der Waals surface area contributed by atoms with E-state index < -0.39 is 28.6 Å². The molecule has 1 aliphatic heterocycles. The van der Waals surface area contributed by atoms with E-state index in [1.807, 2.05) is 24.3 Å². The molecule has 43 heavy (non-hydrogen) atoms. The summed E-state index contributed by atoms with van der Waals surface area (Å²) in [6.45, 7) is 1.41. The molecule has 1 spiro atoms. The molecule has 2 atom stereocenters. The third-order valence-corrected chi connectivity index (χ3v) is 8.87. The molecule has 0 saturated carbocycles. The van der Waals surface area contributed by atoms with Gasteiger partial charge in [-0.05, 0) is 55.2 Å². The van der Waals surface area contributed by atoms with Gasteiger partial charge >= 0.3 is 5.69 Å². The fourth-order valence-electron chi connectivity index (χ4n) is 6.04. The standard InChI is InChI=1S/C31H27Cl2N5O5/c1-17(16-43-2)38-28(40)22(21-5-3-7-24(32)26(21)33)14-37(30(38)42)15-25(39)35-20-9-8-18-12-31(13-19(18)11-20)23-6-4-10-34-27(23)36-29(31)41/h3-11,14,17H,12-13,15-16H2,1-2H3,(H,35,39)(H,34,36,41)/t17-,31+/m0/s1. The molecule has 2 aliphatic rings. The molecule has 2 aromatic heterocycles. The van der Waals surface area contributed by atoms with E-state index >= 15 is 0 Å². The minimum atomic E-state index is -0.730. The number of ether oxygens (including phenoxy) is 1. The first-order valence-corrected chi connectivity index (χ1v) is 14.4. The van der Waals surface area contributed by atoms with Crippen molar-refractivity contribution in [1.29, 1.82) is 0 Å². The van der Waals surface area contributed by atoms with E-state index in [2.05, 4.69) is 15.6 Å². The Bertz CT molecular complexity index is 1920. The van der Waals surface area contributed by atoms with Gasteiger partial charge in [-0.3, -0.25) is 23.5 Å². The molecule has 3 heterocycles. The van der Waals surface area contributed by atoms with Crippen molar-refractivity contribution >= 4 is 46.5 Å². The first kappa shape index (κ1) is 28.9. The molecule has 6 rings (SSSR count). The largest absolute Gasteiger partial charge is 0.383 e. The molecule has 2 aromatic carbocycles. The van der Waals surface area contributed by atoms with Crippen LogP contribution < -0.4 is 21.9 Å². The van der Waals surface area contributed by atoms with Crippen molar-refractivity contribution in [3.63, 3.8) is 0 Å². The molecule has 10 nitrogen and oxygen atoms in total. The lowest BCUT2D eigenvalue weighted by atomic mass is 9.79. The number of benzene rings is 2. The number of nitrogens with zero attached hydrogens (tertiary/aromatic N) is 3. The van der Waals surface area contributed by atoms with Gasteiger partial charge in [-0.25, -0.2) is 9.78 Å². The van der Waals surface area contributed by atoms with Crippen LogP contribution >= 0.6 is 23.2 Å². The van der Waals surface area contributed by atoms with Gasteiger partial charge in [-0.15, -0.1) is 0 Å². The van der Waals surface area contributed by atoms with Gasteiger partial charge in [0.15, 0.2) is 0 Å². The summed E-state index contributed by atoms with van der Waals surface area (Å²) < 4.78 is 7.42. The molecule has 1 aliphatic carbocycles. The second-order valence-corrected chi connectivity index (χ2v) is 11.6. The van der Waals surface area contributed by atoms with Gasteiger partial charge in [0.2, 0.25) is 11.8 Å². The molecule has 0 fully saturated rings. The van der Waals surface area contributed by atoms with E-state index in [0.29, 0.717) is 29.9 Å². The van der Waals surface area contributed by atoms with Gasteiger partial charge in [0, 0.05) is 36.3 Å². The predicted octanol–water partition coefficient (Wildman–Crippen LogP) is 4.21. The average molecular weight is 620 g/mol. The number of rotatable bonds is 7. The van der Waals surface area contributed by atoms with Crippen LogP contribution in [0.5, 0.6) is 0 Å². The summed E-state index contributed by atoms with van der Waals surface area (Å²) >= 11 is 12.6. The fourth-order valence-corrected chi connectivity index (χ4v) is 6.44. The van der Waals surface area contributed by atoms with Crippen molar-refractivity contribution in [1.82, 2.24) is 14.1 Å². The van der Waals surface area contributed by atoms with Gasteiger partial charge in [0.25, 0.3) is 5.56 Å². The summed E-state index contributed by atoms with van der Waals surface area (Å²) in [6, 6.07) is 13.5. The van der Waals surface area contributed by atoms with Gasteiger partial charge in [-0.1, -0.05) is 47.5 Å². The highest BCUT2D eigenvalue weighted by Gasteiger charge is 2.51. The second-order valence-electron chi connectivity index (χ2n) is 10.9. The molecule has 12 heteroatoms. The number of aromatic nitrogens is 3. The molecule has 2 amide bonds. The zero-order valence-corrected chi connectivity index (χ0v) is 24.8. The van der Waals surface area contributed by atoms with E-state index in [0.717, 1.165) is 21.3 Å². The van der Waals surface area contributed by atoms with Crippen LogP contribution in [0, 0.1) is 0 Å². The number of nitrogens with one attached hydrogen (secondary N) is 2. The van der Waals surface area contributed by atoms with E-state index in [9.17, 15) is 19.2 Å². The lowest BCUT2D eigenvalue weighted by Crippen LogP contribution is -2.44. The summed E-state index contributed by atoms with van der Waals surface area (Å²) in [5.41, 5.74) is 1.85. The van der Waals surface area contributed by atoms with Crippen LogP contribution in [0.2, 0.25) is 10.0 Å². The highest BCUT2D eigenvalue weighted by Crippen LogP contribution is 2.47. The summed E-state index contributed by atoms with van der Waals surface area (Å²) in [5.74, 6) is 0.0188. The highest BCUT2D eigenvalue weighted by molar-refractivity contribution is 6.43. The minimum Gasteiger partial charge on any atom is -0.383 e. The Morgan fingerprint density at radius 2 is 1.88 bits per heavy atom. The maximum absolute atomic E-state index is 13.5. The molecular weight excluding hydrogens is 593 g/mol. The van der Waals surface area contributed by atoms with Gasteiger partial charge in [-0.2, -0.15) is 0 Å². The minimum absolute atomic E-state index is 0.0872. The van der Waals surface area contributed by atoms with E-state index in [4.69, 9.17) is 27.9 Å². The number of anilines is 2. The second kappa shape index (κ2) is 11.1. The van der Waals surface area contributed by atoms with E-state index in [-0.39, 0.29) is 34.7 Å². The van der Waals surface area contributed by atoms with Crippen LogP contribution in [0.15, 0.2) is 70.5 Å². The maximum Gasteiger partial charge on any atom is 0.331 e. The number of carbonyl (C=O) groups is 2. The quantitative estimate of drug-likeness (QED) is 0.319. The first-order valence-electron chi connectivity index (χ1n) is 13.6. The van der Waals surface area contributed by atoms with Crippen LogP contribution in [-0.2, 0) is 39.1 Å². The number of amides is 2. The Labute approximate surface area is 256 Å². The third kappa shape index (κ3) is 4.95. The molecule has 0 radical (unpaired) electrons. The smallest absolute Gasteiger partial charge is 0.331 e. The summed E-state index contributed by atoms with van der Waals surface area (Å²) in [4.78, 5) is 57.5. The molecule has 0 unspecified atom stereocenters. The molecule has 0 saturated heterocycles. The molecule has 4 aromatic rings. The van der Waals surface area contributed by atoms with Crippen molar-refractivity contribution in [2.45, 2.75) is 37.8 Å². The van der Waals surface area contributed by atoms with Crippen molar-refractivity contribution in [3.8, 4) is 11.1 Å². The third-order valence-electron chi connectivity index (χ3n) is 8.05. The van der Waals surface area contributed by atoms with Crippen LogP contribution in [-0.4, -0.2) is 39.6 Å². The van der Waals surface area contributed by atoms with Crippen LogP contribution in [0.4, 0.5) is 11.5 Å². The molecule has 2 N–H and O–H groups in total. The normalized spacial score (nSPS) is 17.4. The van der Waals surface area contributed by atoms with Crippen LogP contribution in [0.25, 0.3) is 11.1 Å².